The fourth-order valence-electron chi connectivity index (χ4n) is 1.47. The number of hydrogen-bond donors (Lipinski definition) is 2. The first-order valence-corrected chi connectivity index (χ1v) is 5.51. The molecule has 3 N–H and O–H groups in total. The highest BCUT2D eigenvalue weighted by molar-refractivity contribution is 5.97. The van der Waals surface area contributed by atoms with Gasteiger partial charge in [0, 0.05) is 20.1 Å². The van der Waals surface area contributed by atoms with E-state index >= 15 is 0 Å². The number of alkyl halides is 3. The van der Waals surface area contributed by atoms with Gasteiger partial charge in [-0.25, -0.2) is 4.98 Å². The molecule has 0 atom stereocenters. The standard InChI is InChI=1S/C11H15F3N4O/c1-16-5-6-18(2)10-7(9(15)19)3-4-8(17-10)11(12,13)14/h3-4,16H,5-6H2,1-2H3,(H2,15,19). The maximum absolute atomic E-state index is 12.6. The number of aromatic nitrogens is 1. The number of pyridine rings is 1. The molecule has 5 nitrogen and oxygen atoms in total. The van der Waals surface area contributed by atoms with Crippen LogP contribution in [-0.2, 0) is 6.18 Å². The summed E-state index contributed by atoms with van der Waals surface area (Å²) in [6, 6.07) is 1.79. The molecule has 1 heterocycles. The van der Waals surface area contributed by atoms with Crippen LogP contribution >= 0.6 is 0 Å². The molecule has 0 saturated carbocycles. The predicted molar refractivity (Wildman–Crippen MR) is 65.0 cm³/mol. The zero-order valence-electron chi connectivity index (χ0n) is 10.6. The number of nitrogens with two attached hydrogens (primary N) is 1. The number of nitrogens with one attached hydrogen (secondary N) is 1. The van der Waals surface area contributed by atoms with Gasteiger partial charge in [0.15, 0.2) is 0 Å². The SMILES string of the molecule is CNCCN(C)c1nc(C(F)(F)F)ccc1C(N)=O. The number of anilines is 1. The highest BCUT2D eigenvalue weighted by Crippen LogP contribution is 2.30. The number of primary amides is 1. The average Bonchev–Trinajstić information content (AvgIpc) is 2.33. The van der Waals surface area contributed by atoms with Gasteiger partial charge in [0.1, 0.15) is 11.5 Å². The normalized spacial score (nSPS) is 11.4. The summed E-state index contributed by atoms with van der Waals surface area (Å²) in [5, 5.41) is 2.85. The number of halogens is 3. The first kappa shape index (κ1) is 15.2. The Balaban J connectivity index is 3.19. The minimum atomic E-state index is -4.56. The lowest BCUT2D eigenvalue weighted by atomic mass is 10.2. The van der Waals surface area contributed by atoms with Crippen molar-refractivity contribution in [1.29, 1.82) is 0 Å². The zero-order chi connectivity index (χ0) is 14.6. The Labute approximate surface area is 108 Å². The first-order valence-electron chi connectivity index (χ1n) is 5.51. The van der Waals surface area contributed by atoms with Crippen molar-refractivity contribution < 1.29 is 18.0 Å². The Morgan fingerprint density at radius 2 is 2.11 bits per heavy atom. The summed E-state index contributed by atoms with van der Waals surface area (Å²) >= 11 is 0. The summed E-state index contributed by atoms with van der Waals surface area (Å²) in [6.07, 6.45) is -4.56. The van der Waals surface area contributed by atoms with Crippen LogP contribution in [0.5, 0.6) is 0 Å². The molecular weight excluding hydrogens is 261 g/mol. The van der Waals surface area contributed by atoms with Gasteiger partial charge in [0.2, 0.25) is 0 Å². The van der Waals surface area contributed by atoms with E-state index in [1.165, 1.54) is 4.90 Å². The third kappa shape index (κ3) is 3.82. The molecule has 1 amide bonds. The number of amides is 1. The molecule has 1 rings (SSSR count). The van der Waals surface area contributed by atoms with Crippen molar-refractivity contribution >= 4 is 11.7 Å². The minimum Gasteiger partial charge on any atom is -0.365 e. The van der Waals surface area contributed by atoms with E-state index in [1.807, 2.05) is 0 Å². The third-order valence-corrected chi connectivity index (χ3v) is 2.49. The molecular formula is C11H15F3N4O. The molecule has 0 saturated heterocycles. The van der Waals surface area contributed by atoms with Gasteiger partial charge in [-0.3, -0.25) is 4.79 Å². The summed E-state index contributed by atoms with van der Waals surface area (Å²) < 4.78 is 37.8. The average molecular weight is 276 g/mol. The minimum absolute atomic E-state index is 0.0356. The van der Waals surface area contributed by atoms with Crippen LogP contribution in [0.3, 0.4) is 0 Å². The fraction of sp³-hybridized carbons (Fsp3) is 0.455. The maximum atomic E-state index is 12.6. The van der Waals surface area contributed by atoms with Crippen LogP contribution in [0.4, 0.5) is 19.0 Å². The monoisotopic (exact) mass is 276 g/mol. The van der Waals surface area contributed by atoms with Crippen LogP contribution in [0.1, 0.15) is 16.1 Å². The van der Waals surface area contributed by atoms with Crippen molar-refractivity contribution in [2.45, 2.75) is 6.18 Å². The highest BCUT2D eigenvalue weighted by Gasteiger charge is 2.33. The Morgan fingerprint density at radius 1 is 1.47 bits per heavy atom. The third-order valence-electron chi connectivity index (χ3n) is 2.49. The largest absolute Gasteiger partial charge is 0.433 e. The van der Waals surface area contributed by atoms with Crippen LogP contribution < -0.4 is 16.0 Å². The number of hydrogen-bond acceptors (Lipinski definition) is 4. The lowest BCUT2D eigenvalue weighted by Gasteiger charge is -2.21. The topological polar surface area (TPSA) is 71.2 Å². The molecule has 0 spiro atoms. The number of likely N-dealkylation sites (N-methyl/N-ethyl adjacent to an activating group) is 2. The highest BCUT2D eigenvalue weighted by atomic mass is 19.4. The zero-order valence-corrected chi connectivity index (χ0v) is 10.6. The summed E-state index contributed by atoms with van der Waals surface area (Å²) in [6.45, 7) is 0.928. The van der Waals surface area contributed by atoms with E-state index in [9.17, 15) is 18.0 Å². The lowest BCUT2D eigenvalue weighted by Crippen LogP contribution is -2.30. The van der Waals surface area contributed by atoms with Crippen molar-refractivity contribution in [2.75, 3.05) is 32.1 Å². The molecule has 19 heavy (non-hydrogen) atoms. The van der Waals surface area contributed by atoms with Gasteiger partial charge in [0.05, 0.1) is 5.56 Å². The molecule has 0 radical (unpaired) electrons. The number of nitrogens with zero attached hydrogens (tertiary/aromatic N) is 2. The second kappa shape index (κ2) is 5.87. The second-order valence-electron chi connectivity index (χ2n) is 3.95. The van der Waals surface area contributed by atoms with E-state index in [-0.39, 0.29) is 11.4 Å². The number of carbonyl (C=O) groups is 1. The summed E-state index contributed by atoms with van der Waals surface area (Å²) in [5.41, 5.74) is 4.05. The smallest absolute Gasteiger partial charge is 0.365 e. The molecule has 0 aliphatic heterocycles. The first-order chi connectivity index (χ1) is 8.77. The lowest BCUT2D eigenvalue weighted by molar-refractivity contribution is -0.141. The van der Waals surface area contributed by atoms with Crippen molar-refractivity contribution in [1.82, 2.24) is 10.3 Å². The Kier molecular flexibility index (Phi) is 4.71. The molecule has 8 heteroatoms. The van der Waals surface area contributed by atoms with E-state index < -0.39 is 17.8 Å². The predicted octanol–water partition coefficient (Wildman–Crippen LogP) is 0.855. The van der Waals surface area contributed by atoms with Crippen LogP contribution in [0.15, 0.2) is 12.1 Å². The Hall–Kier alpha value is -1.83. The van der Waals surface area contributed by atoms with Crippen LogP contribution in [0.2, 0.25) is 0 Å². The van der Waals surface area contributed by atoms with Crippen molar-refractivity contribution in [3.05, 3.63) is 23.4 Å². The molecule has 0 bridgehead atoms. The van der Waals surface area contributed by atoms with Crippen LogP contribution in [0, 0.1) is 0 Å². The maximum Gasteiger partial charge on any atom is 0.433 e. The van der Waals surface area contributed by atoms with Gasteiger partial charge >= 0.3 is 6.18 Å². The molecule has 0 aromatic carbocycles. The van der Waals surface area contributed by atoms with E-state index in [4.69, 9.17) is 5.73 Å². The number of rotatable bonds is 5. The van der Waals surface area contributed by atoms with E-state index in [2.05, 4.69) is 10.3 Å². The molecule has 106 valence electrons. The Bertz CT molecular complexity index is 462. The molecule has 1 aromatic heterocycles. The molecule has 1 aromatic rings. The number of carbonyl (C=O) groups excluding carboxylic acids is 1. The summed E-state index contributed by atoms with van der Waals surface area (Å²) in [5.74, 6) is -0.884. The van der Waals surface area contributed by atoms with Gasteiger partial charge in [-0.2, -0.15) is 13.2 Å². The van der Waals surface area contributed by atoms with Crippen molar-refractivity contribution in [3.8, 4) is 0 Å². The van der Waals surface area contributed by atoms with Gasteiger partial charge in [-0.15, -0.1) is 0 Å². The second-order valence-corrected chi connectivity index (χ2v) is 3.95. The fourth-order valence-corrected chi connectivity index (χ4v) is 1.47. The van der Waals surface area contributed by atoms with E-state index in [1.54, 1.807) is 14.1 Å². The van der Waals surface area contributed by atoms with Crippen molar-refractivity contribution in [2.24, 2.45) is 5.73 Å². The van der Waals surface area contributed by atoms with Gasteiger partial charge in [0.25, 0.3) is 5.91 Å². The van der Waals surface area contributed by atoms with Crippen molar-refractivity contribution in [3.63, 3.8) is 0 Å². The van der Waals surface area contributed by atoms with Gasteiger partial charge in [-0.1, -0.05) is 0 Å². The van der Waals surface area contributed by atoms with Gasteiger partial charge in [-0.05, 0) is 19.2 Å². The van der Waals surface area contributed by atoms with Crippen LogP contribution in [0.25, 0.3) is 0 Å². The van der Waals surface area contributed by atoms with Gasteiger partial charge < -0.3 is 16.0 Å². The Morgan fingerprint density at radius 3 is 2.58 bits per heavy atom. The van der Waals surface area contributed by atoms with Crippen LogP contribution in [-0.4, -0.2) is 38.1 Å². The molecule has 0 aliphatic carbocycles. The summed E-state index contributed by atoms with van der Waals surface area (Å²) in [4.78, 5) is 16.2. The molecule has 0 unspecified atom stereocenters. The molecule has 0 aliphatic rings. The molecule has 0 fully saturated rings. The summed E-state index contributed by atoms with van der Waals surface area (Å²) in [7, 11) is 3.26. The van der Waals surface area contributed by atoms with E-state index in [0.717, 1.165) is 12.1 Å². The van der Waals surface area contributed by atoms with E-state index in [0.29, 0.717) is 13.1 Å². The quantitative estimate of drug-likeness (QED) is 0.836.